The summed E-state index contributed by atoms with van der Waals surface area (Å²) in [5, 5.41) is 11.7. The molecule has 0 fully saturated rings. The maximum atomic E-state index is 11.0. The summed E-state index contributed by atoms with van der Waals surface area (Å²) in [6.07, 6.45) is 2.66. The first-order valence-corrected chi connectivity index (χ1v) is 4.11. The van der Waals surface area contributed by atoms with Gasteiger partial charge >= 0.3 is 0 Å². The van der Waals surface area contributed by atoms with Crippen molar-refractivity contribution in [2.45, 2.75) is 0 Å². The first-order valence-electron chi connectivity index (χ1n) is 4.11. The van der Waals surface area contributed by atoms with Gasteiger partial charge in [0.2, 0.25) is 6.79 Å². The van der Waals surface area contributed by atoms with Crippen molar-refractivity contribution >= 4 is 10.9 Å². The summed E-state index contributed by atoms with van der Waals surface area (Å²) >= 11 is 0. The topological polar surface area (TPSA) is 58.3 Å². The molecule has 5 heteroatoms. The summed E-state index contributed by atoms with van der Waals surface area (Å²) in [5.41, 5.74) is 0.723. The smallest absolute Gasteiger partial charge is 0.289 e. The molecule has 0 saturated heterocycles. The third-order valence-corrected chi connectivity index (χ3v) is 2.10. The molecule has 14 heavy (non-hydrogen) atoms. The Morgan fingerprint density at radius 2 is 2.07 bits per heavy atom. The average molecular weight is 190 g/mol. The predicted molar refractivity (Wildman–Crippen MR) is 46.8 cm³/mol. The first-order chi connectivity index (χ1) is 6.83. The maximum absolute atomic E-state index is 11.0. The molecule has 0 spiro atoms. The van der Waals surface area contributed by atoms with E-state index in [0.717, 1.165) is 10.9 Å². The van der Waals surface area contributed by atoms with Gasteiger partial charge in [0.15, 0.2) is 17.0 Å². The van der Waals surface area contributed by atoms with E-state index < -0.39 is 0 Å². The van der Waals surface area contributed by atoms with Crippen LogP contribution in [0, 0.1) is 5.21 Å². The van der Waals surface area contributed by atoms with Crippen LogP contribution in [0.15, 0.2) is 24.7 Å². The van der Waals surface area contributed by atoms with Crippen molar-refractivity contribution in [3.05, 3.63) is 29.9 Å². The van der Waals surface area contributed by atoms with E-state index in [9.17, 15) is 5.21 Å². The second-order valence-electron chi connectivity index (χ2n) is 3.00. The van der Waals surface area contributed by atoms with Crippen LogP contribution in [0.25, 0.3) is 10.9 Å². The Kier molecular flexibility index (Phi) is 1.30. The zero-order valence-electron chi connectivity index (χ0n) is 7.14. The van der Waals surface area contributed by atoms with Crippen molar-refractivity contribution in [2.75, 3.05) is 6.79 Å². The van der Waals surface area contributed by atoms with Crippen LogP contribution in [0.4, 0.5) is 0 Å². The quantitative estimate of drug-likeness (QED) is 0.450. The van der Waals surface area contributed by atoms with E-state index in [1.165, 1.54) is 12.5 Å². The van der Waals surface area contributed by atoms with Gasteiger partial charge in [-0.25, -0.2) is 4.73 Å². The molecule has 70 valence electrons. The maximum Gasteiger partial charge on any atom is 0.289 e. The first kappa shape index (κ1) is 7.37. The lowest BCUT2D eigenvalue weighted by Gasteiger charge is -2.00. The minimum atomic E-state index is 0.225. The number of hydrogen-bond acceptors (Lipinski definition) is 4. The number of benzene rings is 1. The van der Waals surface area contributed by atoms with Crippen molar-refractivity contribution in [2.24, 2.45) is 0 Å². The molecule has 3 rings (SSSR count). The highest BCUT2D eigenvalue weighted by atomic mass is 16.7. The minimum Gasteiger partial charge on any atom is -0.711 e. The molecule has 0 amide bonds. The Balaban J connectivity index is 2.33. The van der Waals surface area contributed by atoms with Crippen LogP contribution < -0.4 is 14.2 Å². The third-order valence-electron chi connectivity index (χ3n) is 2.10. The molecular formula is C9H6N2O3. The number of ether oxygens (including phenoxy) is 2. The second kappa shape index (κ2) is 2.47. The number of nitrogens with zero attached hydrogens (tertiary/aromatic N) is 2. The molecule has 5 nitrogen and oxygen atoms in total. The van der Waals surface area contributed by atoms with Crippen LogP contribution in [0.5, 0.6) is 11.5 Å². The number of rotatable bonds is 0. The van der Waals surface area contributed by atoms with Crippen LogP contribution in [-0.4, -0.2) is 11.8 Å². The number of hydrogen-bond donors (Lipinski definition) is 0. The van der Waals surface area contributed by atoms with Crippen molar-refractivity contribution in [3.63, 3.8) is 0 Å². The summed E-state index contributed by atoms with van der Waals surface area (Å²) in [6.45, 7) is 0.225. The average Bonchev–Trinajstić information content (AvgIpc) is 2.61. The standard InChI is InChI=1S/C9H6N2O3/c12-11-3-6-1-8-9(14-5-13-8)2-7(6)10-4-11/h1-4H,5H2. The predicted octanol–water partition coefficient (Wildman–Crippen LogP) is 0.597. The van der Waals surface area contributed by atoms with E-state index in [2.05, 4.69) is 4.98 Å². The lowest BCUT2D eigenvalue weighted by Crippen LogP contribution is -2.24. The molecule has 0 bridgehead atoms. The Labute approximate surface area is 79.1 Å². The van der Waals surface area contributed by atoms with E-state index in [4.69, 9.17) is 9.47 Å². The van der Waals surface area contributed by atoms with Crippen LogP contribution >= 0.6 is 0 Å². The molecule has 0 radical (unpaired) electrons. The fourth-order valence-corrected chi connectivity index (χ4v) is 1.45. The molecule has 2 heterocycles. The van der Waals surface area contributed by atoms with E-state index >= 15 is 0 Å². The Bertz CT molecular complexity index is 513. The lowest BCUT2D eigenvalue weighted by atomic mass is 10.2. The van der Waals surface area contributed by atoms with Gasteiger partial charge in [0.1, 0.15) is 6.20 Å². The monoisotopic (exact) mass is 190 g/mol. The van der Waals surface area contributed by atoms with Gasteiger partial charge < -0.3 is 14.7 Å². The second-order valence-corrected chi connectivity index (χ2v) is 3.00. The zero-order chi connectivity index (χ0) is 9.54. The van der Waals surface area contributed by atoms with Gasteiger partial charge in [-0.2, -0.15) is 0 Å². The molecule has 1 aromatic heterocycles. The molecule has 0 atom stereocenters. The highest BCUT2D eigenvalue weighted by Crippen LogP contribution is 2.34. The summed E-state index contributed by atoms with van der Waals surface area (Å²) in [6, 6.07) is 3.51. The largest absolute Gasteiger partial charge is 0.711 e. The molecule has 0 unspecified atom stereocenters. The molecular weight excluding hydrogens is 184 g/mol. The van der Waals surface area contributed by atoms with Crippen molar-refractivity contribution in [1.82, 2.24) is 4.98 Å². The molecule has 0 N–H and O–H groups in total. The SMILES string of the molecule is [O-][n+]1cnc2cc3c(cc2c1)OCO3. The molecule has 0 saturated carbocycles. The van der Waals surface area contributed by atoms with Crippen molar-refractivity contribution < 1.29 is 14.2 Å². The molecule has 1 aliphatic heterocycles. The molecule has 1 aromatic carbocycles. The van der Waals surface area contributed by atoms with Gasteiger partial charge in [0.25, 0.3) is 6.33 Å². The van der Waals surface area contributed by atoms with Crippen molar-refractivity contribution in [1.29, 1.82) is 0 Å². The van der Waals surface area contributed by atoms with Crippen LogP contribution in [-0.2, 0) is 0 Å². The summed E-state index contributed by atoms with van der Waals surface area (Å²) in [4.78, 5) is 3.97. The molecule has 0 aliphatic carbocycles. The summed E-state index contributed by atoms with van der Waals surface area (Å²) in [7, 11) is 0. The lowest BCUT2D eigenvalue weighted by molar-refractivity contribution is -0.607. The normalized spacial score (nSPS) is 13.4. The van der Waals surface area contributed by atoms with Crippen molar-refractivity contribution in [3.8, 4) is 11.5 Å². The van der Waals surface area contributed by atoms with Crippen LogP contribution in [0.3, 0.4) is 0 Å². The van der Waals surface area contributed by atoms with Gasteiger partial charge in [0.05, 0.1) is 5.39 Å². The minimum absolute atomic E-state index is 0.225. The highest BCUT2D eigenvalue weighted by Gasteiger charge is 2.16. The summed E-state index contributed by atoms with van der Waals surface area (Å²) < 4.78 is 11.0. The zero-order valence-corrected chi connectivity index (χ0v) is 7.14. The van der Waals surface area contributed by atoms with Gasteiger partial charge in [-0.05, 0) is 11.1 Å². The Hall–Kier alpha value is -2.04. The van der Waals surface area contributed by atoms with Gasteiger partial charge in [0, 0.05) is 6.07 Å². The van der Waals surface area contributed by atoms with E-state index in [-0.39, 0.29) is 6.79 Å². The summed E-state index contributed by atoms with van der Waals surface area (Å²) in [5.74, 6) is 1.33. The third kappa shape index (κ3) is 0.953. The molecule has 1 aliphatic rings. The Morgan fingerprint density at radius 3 is 2.93 bits per heavy atom. The Morgan fingerprint density at radius 1 is 1.29 bits per heavy atom. The van der Waals surface area contributed by atoms with Gasteiger partial charge in [-0.15, -0.1) is 0 Å². The van der Waals surface area contributed by atoms with E-state index in [1.54, 1.807) is 12.1 Å². The highest BCUT2D eigenvalue weighted by molar-refractivity contribution is 5.81. The van der Waals surface area contributed by atoms with Crippen LogP contribution in [0.2, 0.25) is 0 Å². The number of aromatic nitrogens is 2. The van der Waals surface area contributed by atoms with E-state index in [1.807, 2.05) is 0 Å². The van der Waals surface area contributed by atoms with Gasteiger partial charge in [-0.1, -0.05) is 0 Å². The fraction of sp³-hybridized carbons (Fsp3) is 0.111. The van der Waals surface area contributed by atoms with E-state index in [0.29, 0.717) is 16.2 Å². The van der Waals surface area contributed by atoms with Gasteiger partial charge in [-0.3, -0.25) is 0 Å². The number of fused-ring (bicyclic) bond motifs is 2. The fourth-order valence-electron chi connectivity index (χ4n) is 1.45. The van der Waals surface area contributed by atoms with Crippen LogP contribution in [0.1, 0.15) is 0 Å². The molecule has 2 aromatic rings.